The molecule has 0 saturated heterocycles. The van der Waals surface area contributed by atoms with E-state index in [1.807, 2.05) is 43.8 Å². The van der Waals surface area contributed by atoms with E-state index in [-0.39, 0.29) is 5.91 Å². The molecule has 2 nitrogen and oxygen atoms in total. The second-order valence-corrected chi connectivity index (χ2v) is 7.50. The van der Waals surface area contributed by atoms with Gasteiger partial charge in [0.1, 0.15) is 0 Å². The van der Waals surface area contributed by atoms with Gasteiger partial charge in [0, 0.05) is 16.3 Å². The molecule has 1 amide bonds. The van der Waals surface area contributed by atoms with Gasteiger partial charge in [0.05, 0.1) is 6.42 Å². The first kappa shape index (κ1) is 18.3. The molecule has 0 aromatic heterocycles. The van der Waals surface area contributed by atoms with Gasteiger partial charge in [-0.2, -0.15) is 0 Å². The second-order valence-electron chi connectivity index (χ2n) is 6.45. The first-order valence-corrected chi connectivity index (χ1v) is 9.71. The van der Waals surface area contributed by atoms with Crippen molar-refractivity contribution in [2.24, 2.45) is 0 Å². The van der Waals surface area contributed by atoms with Crippen molar-refractivity contribution in [3.63, 3.8) is 0 Å². The van der Waals surface area contributed by atoms with Crippen molar-refractivity contribution in [3.8, 4) is 0 Å². The fourth-order valence-corrected chi connectivity index (χ4v) is 3.61. The van der Waals surface area contributed by atoms with Crippen LogP contribution >= 0.6 is 11.8 Å². The molecule has 3 aromatic rings. The van der Waals surface area contributed by atoms with Crippen LogP contribution in [0.2, 0.25) is 0 Å². The highest BCUT2D eigenvalue weighted by atomic mass is 32.2. The highest BCUT2D eigenvalue weighted by molar-refractivity contribution is 7.98. The summed E-state index contributed by atoms with van der Waals surface area (Å²) in [4.78, 5) is 13.6. The first-order valence-electron chi connectivity index (χ1n) is 8.73. The van der Waals surface area contributed by atoms with Gasteiger partial charge in [-0.3, -0.25) is 4.79 Å². The van der Waals surface area contributed by atoms with Crippen LogP contribution in [0.4, 0.5) is 5.69 Å². The molecule has 1 N–H and O–H groups in total. The molecule has 132 valence electrons. The van der Waals surface area contributed by atoms with Crippen molar-refractivity contribution >= 4 is 23.4 Å². The second kappa shape index (κ2) is 8.72. The predicted octanol–water partition coefficient (Wildman–Crippen LogP) is 5.78. The average Bonchev–Trinajstić information content (AvgIpc) is 2.65. The lowest BCUT2D eigenvalue weighted by atomic mass is 10.0. The van der Waals surface area contributed by atoms with Crippen LogP contribution in [-0.4, -0.2) is 5.91 Å². The molecule has 0 saturated carbocycles. The number of hydrogen-bond acceptors (Lipinski definition) is 2. The summed E-state index contributed by atoms with van der Waals surface area (Å²) in [5.74, 6) is 0.936. The number of aryl methyl sites for hydroxylation is 2. The highest BCUT2D eigenvalue weighted by Gasteiger charge is 2.07. The van der Waals surface area contributed by atoms with Gasteiger partial charge in [-0.1, -0.05) is 54.1 Å². The Bertz CT molecular complexity index is 872. The van der Waals surface area contributed by atoms with E-state index in [2.05, 4.69) is 59.9 Å². The number of hydrogen-bond donors (Lipinski definition) is 1. The van der Waals surface area contributed by atoms with Gasteiger partial charge in [0.15, 0.2) is 0 Å². The summed E-state index contributed by atoms with van der Waals surface area (Å²) in [6, 6.07) is 24.7. The van der Waals surface area contributed by atoms with E-state index in [9.17, 15) is 4.79 Å². The molecule has 0 aliphatic rings. The van der Waals surface area contributed by atoms with Crippen molar-refractivity contribution in [2.45, 2.75) is 30.9 Å². The molecule has 26 heavy (non-hydrogen) atoms. The van der Waals surface area contributed by atoms with Gasteiger partial charge in [-0.15, -0.1) is 11.8 Å². The van der Waals surface area contributed by atoms with Crippen molar-refractivity contribution in [1.82, 2.24) is 0 Å². The fraction of sp³-hybridized carbons (Fsp3) is 0.174. The number of carbonyl (C=O) groups excluding carboxylic acids is 1. The maximum Gasteiger partial charge on any atom is 0.228 e. The molecule has 3 aromatic carbocycles. The van der Waals surface area contributed by atoms with Gasteiger partial charge in [0.25, 0.3) is 0 Å². The van der Waals surface area contributed by atoms with Crippen molar-refractivity contribution in [1.29, 1.82) is 0 Å². The smallest absolute Gasteiger partial charge is 0.228 e. The molecule has 0 aliphatic heterocycles. The van der Waals surface area contributed by atoms with Gasteiger partial charge in [-0.05, 0) is 54.8 Å². The molecule has 0 bridgehead atoms. The van der Waals surface area contributed by atoms with Crippen LogP contribution in [0.3, 0.4) is 0 Å². The minimum absolute atomic E-state index is 0.0186. The van der Waals surface area contributed by atoms with Gasteiger partial charge in [-0.25, -0.2) is 0 Å². The van der Waals surface area contributed by atoms with E-state index in [0.29, 0.717) is 6.42 Å². The van der Waals surface area contributed by atoms with Crippen LogP contribution < -0.4 is 5.32 Å². The number of anilines is 1. The Morgan fingerprint density at radius 1 is 0.923 bits per heavy atom. The first-order chi connectivity index (χ1) is 12.6. The zero-order valence-corrected chi connectivity index (χ0v) is 16.0. The highest BCUT2D eigenvalue weighted by Crippen LogP contribution is 2.23. The molecular weight excluding hydrogens is 338 g/mol. The zero-order chi connectivity index (χ0) is 18.4. The standard InChI is InChI=1S/C23H23NOS/c1-17-8-9-18(2)20(14-17)15-23(25)24-21-12-10-19(11-13-21)16-26-22-6-4-3-5-7-22/h3-14H,15-16H2,1-2H3,(H,24,25). The molecule has 0 unspecified atom stereocenters. The summed E-state index contributed by atoms with van der Waals surface area (Å²) in [5, 5.41) is 2.99. The Kier molecular flexibility index (Phi) is 6.13. The van der Waals surface area contributed by atoms with E-state index in [1.54, 1.807) is 0 Å². The summed E-state index contributed by atoms with van der Waals surface area (Å²) >= 11 is 1.81. The lowest BCUT2D eigenvalue weighted by Gasteiger charge is -2.09. The van der Waals surface area contributed by atoms with Gasteiger partial charge < -0.3 is 5.32 Å². The van der Waals surface area contributed by atoms with Crippen LogP contribution in [0.15, 0.2) is 77.7 Å². The largest absolute Gasteiger partial charge is 0.326 e. The Morgan fingerprint density at radius 3 is 2.38 bits per heavy atom. The molecule has 0 radical (unpaired) electrons. The Labute approximate surface area is 159 Å². The third kappa shape index (κ3) is 5.24. The summed E-state index contributed by atoms with van der Waals surface area (Å²) in [6.07, 6.45) is 0.402. The van der Waals surface area contributed by atoms with Crippen LogP contribution in [0.1, 0.15) is 22.3 Å². The number of nitrogens with one attached hydrogen (secondary N) is 1. The fourth-order valence-electron chi connectivity index (χ4n) is 2.74. The SMILES string of the molecule is Cc1ccc(C)c(CC(=O)Nc2ccc(CSc3ccccc3)cc2)c1. The molecule has 0 aliphatic carbocycles. The monoisotopic (exact) mass is 361 g/mol. The number of thioether (sulfide) groups is 1. The maximum atomic E-state index is 12.3. The van der Waals surface area contributed by atoms with Gasteiger partial charge in [0.2, 0.25) is 5.91 Å². The molecule has 3 heteroatoms. The van der Waals surface area contributed by atoms with Crippen molar-refractivity contribution in [2.75, 3.05) is 5.32 Å². The normalized spacial score (nSPS) is 10.5. The summed E-state index contributed by atoms with van der Waals surface area (Å²) < 4.78 is 0. The number of rotatable bonds is 6. The predicted molar refractivity (Wildman–Crippen MR) is 111 cm³/mol. The van der Waals surface area contributed by atoms with E-state index in [0.717, 1.165) is 22.6 Å². The third-order valence-corrected chi connectivity index (χ3v) is 5.33. The lowest BCUT2D eigenvalue weighted by Crippen LogP contribution is -2.15. The summed E-state index contributed by atoms with van der Waals surface area (Å²) in [6.45, 7) is 4.09. The zero-order valence-electron chi connectivity index (χ0n) is 15.2. The van der Waals surface area contributed by atoms with Crippen molar-refractivity contribution in [3.05, 3.63) is 95.1 Å². The van der Waals surface area contributed by atoms with Gasteiger partial charge >= 0.3 is 0 Å². The lowest BCUT2D eigenvalue weighted by molar-refractivity contribution is -0.115. The van der Waals surface area contributed by atoms with Crippen LogP contribution in [-0.2, 0) is 17.0 Å². The minimum Gasteiger partial charge on any atom is -0.326 e. The maximum absolute atomic E-state index is 12.3. The topological polar surface area (TPSA) is 29.1 Å². The molecular formula is C23H23NOS. The number of amides is 1. The number of carbonyl (C=O) groups is 1. The minimum atomic E-state index is 0.0186. The van der Waals surface area contributed by atoms with Crippen LogP contribution in [0.25, 0.3) is 0 Å². The quantitative estimate of drug-likeness (QED) is 0.564. The third-order valence-electron chi connectivity index (χ3n) is 4.24. The van der Waals surface area contributed by atoms with E-state index < -0.39 is 0 Å². The Hall–Kier alpha value is -2.52. The van der Waals surface area contributed by atoms with E-state index >= 15 is 0 Å². The molecule has 0 spiro atoms. The molecule has 3 rings (SSSR count). The molecule has 0 fully saturated rings. The number of benzene rings is 3. The average molecular weight is 362 g/mol. The summed E-state index contributed by atoms with van der Waals surface area (Å²) in [7, 11) is 0. The Balaban J connectivity index is 1.55. The summed E-state index contributed by atoms with van der Waals surface area (Å²) in [5.41, 5.74) is 5.50. The molecule has 0 heterocycles. The van der Waals surface area contributed by atoms with Crippen LogP contribution in [0.5, 0.6) is 0 Å². The van der Waals surface area contributed by atoms with E-state index in [4.69, 9.17) is 0 Å². The van der Waals surface area contributed by atoms with E-state index in [1.165, 1.54) is 16.0 Å². The van der Waals surface area contributed by atoms with Crippen molar-refractivity contribution < 1.29 is 4.79 Å². The Morgan fingerprint density at radius 2 is 1.65 bits per heavy atom. The molecule has 0 atom stereocenters. The van der Waals surface area contributed by atoms with Crippen LogP contribution in [0, 0.1) is 13.8 Å².